The molecule has 0 aromatic heterocycles. The molecule has 2 nitrogen and oxygen atoms in total. The zero-order chi connectivity index (χ0) is 9.94. The number of allylic oxidation sites excluding steroid dienone is 3. The Kier molecular flexibility index (Phi) is 8.15. The largest absolute Gasteiger partial charge is 0.381 e. The molecule has 0 rings (SSSR count). The molecule has 0 aromatic carbocycles. The average Bonchev–Trinajstić information content (AvgIpc) is 2.16. The van der Waals surface area contributed by atoms with E-state index in [-0.39, 0.29) is 0 Å². The van der Waals surface area contributed by atoms with E-state index in [1.807, 2.05) is 25.2 Å². The molecule has 0 N–H and O–H groups in total. The van der Waals surface area contributed by atoms with Gasteiger partial charge in [-0.3, -0.25) is 4.99 Å². The molecular weight excluding hydrogens is 162 g/mol. The van der Waals surface area contributed by atoms with Crippen molar-refractivity contribution in [2.45, 2.75) is 13.3 Å². The minimum Gasteiger partial charge on any atom is -0.381 e. The molecule has 0 aliphatic heterocycles. The summed E-state index contributed by atoms with van der Waals surface area (Å²) < 4.78 is 5.17. The fourth-order valence-electron chi connectivity index (χ4n) is 0.782. The second kappa shape index (κ2) is 8.94. The number of nitrogens with zero attached hydrogens (tertiary/aromatic N) is 1. The molecule has 0 bridgehead atoms. The SMILES string of the molecule is C=C/C=C(\C=C/CCOCC)N=C. The summed E-state index contributed by atoms with van der Waals surface area (Å²) >= 11 is 0. The third-order valence-corrected chi connectivity index (χ3v) is 1.39. The Hall–Kier alpha value is -1.15. The molecule has 0 saturated heterocycles. The van der Waals surface area contributed by atoms with Crippen LogP contribution in [-0.2, 0) is 4.74 Å². The van der Waals surface area contributed by atoms with E-state index >= 15 is 0 Å². The van der Waals surface area contributed by atoms with Crippen LogP contribution in [-0.4, -0.2) is 19.9 Å². The van der Waals surface area contributed by atoms with E-state index in [0.29, 0.717) is 0 Å². The predicted molar refractivity (Wildman–Crippen MR) is 58.1 cm³/mol. The molecule has 0 saturated carbocycles. The van der Waals surface area contributed by atoms with E-state index in [1.165, 1.54) is 0 Å². The van der Waals surface area contributed by atoms with Crippen molar-refractivity contribution in [2.24, 2.45) is 4.99 Å². The van der Waals surface area contributed by atoms with Crippen molar-refractivity contribution in [3.8, 4) is 0 Å². The number of aliphatic imine (C=N–C) groups is 1. The maximum Gasteiger partial charge on any atom is 0.0619 e. The summed E-state index contributed by atoms with van der Waals surface area (Å²) in [6, 6.07) is 0. The van der Waals surface area contributed by atoms with Gasteiger partial charge in [0.1, 0.15) is 0 Å². The molecule has 0 aromatic rings. The van der Waals surface area contributed by atoms with Gasteiger partial charge in [0.15, 0.2) is 0 Å². The van der Waals surface area contributed by atoms with Crippen LogP contribution in [0.3, 0.4) is 0 Å². The first-order chi connectivity index (χ1) is 6.35. The van der Waals surface area contributed by atoms with Crippen molar-refractivity contribution in [1.29, 1.82) is 0 Å². The first-order valence-corrected chi connectivity index (χ1v) is 4.38. The van der Waals surface area contributed by atoms with Crippen molar-refractivity contribution in [3.63, 3.8) is 0 Å². The van der Waals surface area contributed by atoms with Gasteiger partial charge in [-0.15, -0.1) is 0 Å². The number of rotatable bonds is 7. The highest BCUT2D eigenvalue weighted by Crippen LogP contribution is 1.99. The second-order valence-electron chi connectivity index (χ2n) is 2.37. The zero-order valence-electron chi connectivity index (χ0n) is 8.20. The van der Waals surface area contributed by atoms with Crippen LogP contribution in [0.25, 0.3) is 0 Å². The van der Waals surface area contributed by atoms with E-state index in [2.05, 4.69) is 18.3 Å². The van der Waals surface area contributed by atoms with Gasteiger partial charge in [0.2, 0.25) is 0 Å². The Balaban J connectivity index is 3.74. The Bertz CT molecular complexity index is 204. The average molecular weight is 179 g/mol. The molecule has 0 atom stereocenters. The Morgan fingerprint density at radius 1 is 1.54 bits per heavy atom. The normalized spacial score (nSPS) is 11.9. The summed E-state index contributed by atoms with van der Waals surface area (Å²) in [6.07, 6.45) is 8.33. The summed E-state index contributed by atoms with van der Waals surface area (Å²) in [7, 11) is 0. The lowest BCUT2D eigenvalue weighted by Crippen LogP contribution is -1.90. The highest BCUT2D eigenvalue weighted by Gasteiger charge is 1.83. The molecule has 0 unspecified atom stereocenters. The van der Waals surface area contributed by atoms with E-state index in [9.17, 15) is 0 Å². The van der Waals surface area contributed by atoms with Gasteiger partial charge in [-0.1, -0.05) is 18.7 Å². The summed E-state index contributed by atoms with van der Waals surface area (Å²) in [5.74, 6) is 0. The van der Waals surface area contributed by atoms with Crippen molar-refractivity contribution in [1.82, 2.24) is 0 Å². The van der Waals surface area contributed by atoms with Crippen molar-refractivity contribution >= 4 is 6.72 Å². The van der Waals surface area contributed by atoms with Crippen molar-refractivity contribution in [3.05, 3.63) is 36.6 Å². The van der Waals surface area contributed by atoms with Gasteiger partial charge in [0, 0.05) is 6.61 Å². The third kappa shape index (κ3) is 7.22. The van der Waals surface area contributed by atoms with Gasteiger partial charge >= 0.3 is 0 Å². The maximum absolute atomic E-state index is 5.17. The first-order valence-electron chi connectivity index (χ1n) is 4.38. The Morgan fingerprint density at radius 2 is 2.31 bits per heavy atom. The fourth-order valence-corrected chi connectivity index (χ4v) is 0.782. The van der Waals surface area contributed by atoms with Gasteiger partial charge in [-0.05, 0) is 32.2 Å². The minimum absolute atomic E-state index is 0.755. The highest BCUT2D eigenvalue weighted by atomic mass is 16.5. The second-order valence-corrected chi connectivity index (χ2v) is 2.37. The van der Waals surface area contributed by atoms with Crippen LogP contribution in [0.1, 0.15) is 13.3 Å². The zero-order valence-corrected chi connectivity index (χ0v) is 8.20. The topological polar surface area (TPSA) is 21.6 Å². The molecule has 0 aliphatic carbocycles. The van der Waals surface area contributed by atoms with Crippen LogP contribution < -0.4 is 0 Å². The number of ether oxygens (including phenoxy) is 1. The van der Waals surface area contributed by atoms with Crippen LogP contribution in [0.2, 0.25) is 0 Å². The van der Waals surface area contributed by atoms with Gasteiger partial charge in [-0.25, -0.2) is 0 Å². The van der Waals surface area contributed by atoms with Gasteiger partial charge < -0.3 is 4.74 Å². The molecule has 72 valence electrons. The smallest absolute Gasteiger partial charge is 0.0619 e. The molecular formula is C11H17NO. The number of hydrogen-bond donors (Lipinski definition) is 0. The van der Waals surface area contributed by atoms with Gasteiger partial charge in [0.05, 0.1) is 12.3 Å². The first kappa shape index (κ1) is 11.8. The van der Waals surface area contributed by atoms with Crippen molar-refractivity contribution < 1.29 is 4.74 Å². The summed E-state index contributed by atoms with van der Waals surface area (Å²) in [5, 5.41) is 0. The fraction of sp³-hybridized carbons (Fsp3) is 0.364. The molecule has 0 fully saturated rings. The molecule has 2 heteroatoms. The van der Waals surface area contributed by atoms with E-state index in [4.69, 9.17) is 4.74 Å². The monoisotopic (exact) mass is 179 g/mol. The molecule has 0 aliphatic rings. The molecule has 0 radical (unpaired) electrons. The number of hydrogen-bond acceptors (Lipinski definition) is 2. The Labute approximate surface area is 80.3 Å². The quantitative estimate of drug-likeness (QED) is 0.334. The third-order valence-electron chi connectivity index (χ3n) is 1.39. The molecule has 0 spiro atoms. The maximum atomic E-state index is 5.17. The standard InChI is InChI=1S/C11H17NO/c1-4-8-11(12-3)9-6-7-10-13-5-2/h4,6,8-9H,1,3,5,7,10H2,2H3/b9-6-,11-8+. The summed E-state index contributed by atoms with van der Waals surface area (Å²) in [6.45, 7) is 10.5. The van der Waals surface area contributed by atoms with Crippen LogP contribution in [0.5, 0.6) is 0 Å². The minimum atomic E-state index is 0.755. The highest BCUT2D eigenvalue weighted by molar-refractivity contribution is 5.34. The van der Waals surface area contributed by atoms with Gasteiger partial charge in [-0.2, -0.15) is 0 Å². The lowest BCUT2D eigenvalue weighted by Gasteiger charge is -1.95. The van der Waals surface area contributed by atoms with E-state index in [0.717, 1.165) is 25.3 Å². The molecule has 13 heavy (non-hydrogen) atoms. The van der Waals surface area contributed by atoms with Crippen LogP contribution in [0, 0.1) is 0 Å². The van der Waals surface area contributed by atoms with Gasteiger partial charge in [0.25, 0.3) is 0 Å². The van der Waals surface area contributed by atoms with Crippen LogP contribution in [0.15, 0.2) is 41.6 Å². The molecule has 0 amide bonds. The lowest BCUT2D eigenvalue weighted by atomic mass is 10.3. The van der Waals surface area contributed by atoms with Crippen LogP contribution >= 0.6 is 0 Å². The predicted octanol–water partition coefficient (Wildman–Crippen LogP) is 2.74. The van der Waals surface area contributed by atoms with Crippen LogP contribution in [0.4, 0.5) is 0 Å². The molecule has 0 heterocycles. The summed E-state index contributed by atoms with van der Waals surface area (Å²) in [4.78, 5) is 3.81. The van der Waals surface area contributed by atoms with E-state index in [1.54, 1.807) is 6.08 Å². The van der Waals surface area contributed by atoms with Crippen molar-refractivity contribution in [2.75, 3.05) is 13.2 Å². The summed E-state index contributed by atoms with van der Waals surface area (Å²) in [5.41, 5.74) is 0.825. The Morgan fingerprint density at radius 3 is 2.85 bits per heavy atom. The lowest BCUT2D eigenvalue weighted by molar-refractivity contribution is 0.152. The van der Waals surface area contributed by atoms with E-state index < -0.39 is 0 Å².